The van der Waals surface area contributed by atoms with Crippen molar-refractivity contribution in [2.75, 3.05) is 19.3 Å². The maximum atomic E-state index is 11.8. The van der Waals surface area contributed by atoms with Gasteiger partial charge in [-0.25, -0.2) is 0 Å². The van der Waals surface area contributed by atoms with Gasteiger partial charge >= 0.3 is 0 Å². The summed E-state index contributed by atoms with van der Waals surface area (Å²) >= 11 is 0. The minimum atomic E-state index is -0.0702. The summed E-state index contributed by atoms with van der Waals surface area (Å²) in [6.07, 6.45) is 5.68. The van der Waals surface area contributed by atoms with Crippen LogP contribution in [0.3, 0.4) is 0 Å². The smallest absolute Gasteiger partial charge is 0.251 e. The number of rotatable bonds is 5. The first-order chi connectivity index (χ1) is 13.9. The Morgan fingerprint density at radius 2 is 1.90 bits per heavy atom. The van der Waals surface area contributed by atoms with Crippen LogP contribution in [0.25, 0.3) is 5.57 Å². The predicted molar refractivity (Wildman–Crippen MR) is 121 cm³/mol. The second-order valence-corrected chi connectivity index (χ2v) is 7.44. The Labute approximate surface area is 172 Å². The van der Waals surface area contributed by atoms with Crippen molar-refractivity contribution < 1.29 is 4.79 Å². The van der Waals surface area contributed by atoms with E-state index in [-0.39, 0.29) is 5.91 Å². The standard InChI is InChI=1S/C24H28N4O/c1-15-4-9-20(22(25)10-15)21-12-17(13-28-14-23(21)26)5-6-18-7-8-19(11-16(18)2)24(29)27-3/h4,7-13H,5-6,14,25-26H2,1-3H3,(H,27,29). The first kappa shape index (κ1) is 20.4. The number of carbonyl (C=O) groups excluding carboxylic acids is 1. The number of allylic oxidation sites excluding steroid dienone is 3. The highest BCUT2D eigenvalue weighted by Gasteiger charge is 2.13. The minimum absolute atomic E-state index is 0.0702. The summed E-state index contributed by atoms with van der Waals surface area (Å²) in [7, 11) is 1.64. The molecule has 2 aromatic carbocycles. The Bertz CT molecular complexity index is 1030. The van der Waals surface area contributed by atoms with Crippen molar-refractivity contribution in [2.24, 2.45) is 10.7 Å². The van der Waals surface area contributed by atoms with Crippen molar-refractivity contribution in [3.8, 4) is 0 Å². The van der Waals surface area contributed by atoms with Gasteiger partial charge in [-0.2, -0.15) is 0 Å². The molecular weight excluding hydrogens is 360 g/mol. The number of carbonyl (C=O) groups is 1. The number of nitrogens with zero attached hydrogens (tertiary/aromatic N) is 1. The molecule has 2 aromatic rings. The van der Waals surface area contributed by atoms with E-state index in [0.717, 1.165) is 52.1 Å². The molecule has 5 N–H and O–H groups in total. The van der Waals surface area contributed by atoms with E-state index in [9.17, 15) is 4.79 Å². The molecule has 3 rings (SSSR count). The third kappa shape index (κ3) is 4.74. The van der Waals surface area contributed by atoms with Gasteiger partial charge in [0.2, 0.25) is 0 Å². The first-order valence-corrected chi connectivity index (χ1v) is 9.76. The number of aliphatic imine (C=N–C) groups is 1. The molecule has 1 aliphatic heterocycles. The predicted octanol–water partition coefficient (Wildman–Crippen LogP) is 3.56. The molecule has 0 unspecified atom stereocenters. The number of nitrogens with two attached hydrogens (primary N) is 2. The number of hydrogen-bond acceptors (Lipinski definition) is 4. The summed E-state index contributed by atoms with van der Waals surface area (Å²) in [5.74, 6) is -0.0702. The highest BCUT2D eigenvalue weighted by atomic mass is 16.1. The van der Waals surface area contributed by atoms with Gasteiger partial charge in [-0.15, -0.1) is 0 Å². The molecule has 0 saturated heterocycles. The molecule has 29 heavy (non-hydrogen) atoms. The van der Waals surface area contributed by atoms with Crippen LogP contribution < -0.4 is 16.8 Å². The number of hydrogen-bond donors (Lipinski definition) is 3. The van der Waals surface area contributed by atoms with Crippen LogP contribution in [0.5, 0.6) is 0 Å². The van der Waals surface area contributed by atoms with E-state index in [4.69, 9.17) is 11.5 Å². The van der Waals surface area contributed by atoms with E-state index in [1.165, 1.54) is 5.56 Å². The van der Waals surface area contributed by atoms with Crippen LogP contribution in [-0.4, -0.2) is 25.7 Å². The van der Waals surface area contributed by atoms with Gasteiger partial charge in [0.25, 0.3) is 5.91 Å². The molecule has 0 radical (unpaired) electrons. The fraction of sp³-hybridized carbons (Fsp3) is 0.250. The number of amides is 1. The summed E-state index contributed by atoms with van der Waals surface area (Å²) in [5.41, 5.74) is 21.1. The van der Waals surface area contributed by atoms with Crippen molar-refractivity contribution >= 4 is 23.4 Å². The fourth-order valence-corrected chi connectivity index (χ4v) is 3.52. The molecule has 0 aliphatic carbocycles. The summed E-state index contributed by atoms with van der Waals surface area (Å²) < 4.78 is 0. The van der Waals surface area contributed by atoms with E-state index in [0.29, 0.717) is 12.1 Å². The van der Waals surface area contributed by atoms with Crippen LogP contribution in [0, 0.1) is 13.8 Å². The Morgan fingerprint density at radius 3 is 2.59 bits per heavy atom. The zero-order valence-corrected chi connectivity index (χ0v) is 17.3. The van der Waals surface area contributed by atoms with Gasteiger partial charge in [0.05, 0.1) is 6.54 Å². The number of nitrogens with one attached hydrogen (secondary N) is 1. The SMILES string of the molecule is CNC(=O)c1ccc(CCC2=CC(c3ccc(C)cc3N)=C(N)CN=C2)c(C)c1. The van der Waals surface area contributed by atoms with Gasteiger partial charge in [-0.1, -0.05) is 18.2 Å². The lowest BCUT2D eigenvalue weighted by atomic mass is 9.95. The maximum Gasteiger partial charge on any atom is 0.251 e. The Balaban J connectivity index is 1.83. The van der Waals surface area contributed by atoms with Gasteiger partial charge < -0.3 is 16.8 Å². The fourth-order valence-electron chi connectivity index (χ4n) is 3.52. The highest BCUT2D eigenvalue weighted by molar-refractivity contribution is 5.94. The van der Waals surface area contributed by atoms with E-state index >= 15 is 0 Å². The summed E-state index contributed by atoms with van der Waals surface area (Å²) in [6.45, 7) is 4.52. The zero-order valence-electron chi connectivity index (χ0n) is 17.3. The first-order valence-electron chi connectivity index (χ1n) is 9.76. The van der Waals surface area contributed by atoms with Gasteiger partial charge in [0.1, 0.15) is 0 Å². The summed E-state index contributed by atoms with van der Waals surface area (Å²) in [4.78, 5) is 16.3. The molecule has 5 nitrogen and oxygen atoms in total. The quantitative estimate of drug-likeness (QED) is 0.684. The molecule has 0 atom stereocenters. The molecule has 1 aliphatic rings. The molecule has 0 bridgehead atoms. The van der Waals surface area contributed by atoms with Crippen molar-refractivity contribution in [1.82, 2.24) is 5.32 Å². The maximum absolute atomic E-state index is 11.8. The Kier molecular flexibility index (Phi) is 6.17. The molecule has 5 heteroatoms. The molecule has 1 heterocycles. The van der Waals surface area contributed by atoms with Crippen LogP contribution in [0.15, 0.2) is 58.7 Å². The largest absolute Gasteiger partial charge is 0.400 e. The molecule has 1 amide bonds. The van der Waals surface area contributed by atoms with Gasteiger partial charge in [-0.3, -0.25) is 9.79 Å². The molecule has 0 aromatic heterocycles. The Morgan fingerprint density at radius 1 is 1.10 bits per heavy atom. The molecule has 0 spiro atoms. The number of anilines is 1. The van der Waals surface area contributed by atoms with Gasteiger partial charge in [-0.05, 0) is 73.2 Å². The van der Waals surface area contributed by atoms with E-state index < -0.39 is 0 Å². The lowest BCUT2D eigenvalue weighted by Crippen LogP contribution is -2.17. The van der Waals surface area contributed by atoms with E-state index in [1.807, 2.05) is 56.5 Å². The van der Waals surface area contributed by atoms with Gasteiger partial charge in [0, 0.05) is 41.3 Å². The average molecular weight is 389 g/mol. The third-order valence-electron chi connectivity index (χ3n) is 5.21. The lowest BCUT2D eigenvalue weighted by molar-refractivity contribution is 0.0963. The minimum Gasteiger partial charge on any atom is -0.400 e. The third-order valence-corrected chi connectivity index (χ3v) is 5.21. The normalized spacial score (nSPS) is 13.8. The molecule has 150 valence electrons. The number of benzene rings is 2. The molecule has 0 fully saturated rings. The lowest BCUT2D eigenvalue weighted by Gasteiger charge is -2.12. The van der Waals surface area contributed by atoms with Crippen molar-refractivity contribution in [1.29, 1.82) is 0 Å². The number of nitrogen functional groups attached to an aromatic ring is 1. The zero-order chi connectivity index (χ0) is 21.0. The number of aryl methyl sites for hydroxylation is 3. The van der Waals surface area contributed by atoms with Gasteiger partial charge in [0.15, 0.2) is 0 Å². The van der Waals surface area contributed by atoms with Crippen molar-refractivity contribution in [2.45, 2.75) is 26.7 Å². The second-order valence-electron chi connectivity index (χ2n) is 7.44. The van der Waals surface area contributed by atoms with E-state index in [1.54, 1.807) is 7.05 Å². The van der Waals surface area contributed by atoms with Crippen LogP contribution in [-0.2, 0) is 6.42 Å². The molecular formula is C24H28N4O. The topological polar surface area (TPSA) is 93.5 Å². The summed E-state index contributed by atoms with van der Waals surface area (Å²) in [6, 6.07) is 11.9. The monoisotopic (exact) mass is 388 g/mol. The van der Waals surface area contributed by atoms with Crippen LogP contribution >= 0.6 is 0 Å². The van der Waals surface area contributed by atoms with Crippen LogP contribution in [0.1, 0.15) is 39.0 Å². The Hall–Kier alpha value is -3.34. The van der Waals surface area contributed by atoms with Crippen LogP contribution in [0.2, 0.25) is 0 Å². The van der Waals surface area contributed by atoms with Crippen molar-refractivity contribution in [3.63, 3.8) is 0 Å². The average Bonchev–Trinajstić information content (AvgIpc) is 2.88. The highest BCUT2D eigenvalue weighted by Crippen LogP contribution is 2.28. The summed E-state index contributed by atoms with van der Waals surface area (Å²) in [5, 5.41) is 2.66. The van der Waals surface area contributed by atoms with Crippen LogP contribution in [0.4, 0.5) is 5.69 Å². The molecule has 0 saturated carbocycles. The second kappa shape index (κ2) is 8.78. The van der Waals surface area contributed by atoms with E-state index in [2.05, 4.69) is 16.4 Å². The van der Waals surface area contributed by atoms with Crippen molar-refractivity contribution in [3.05, 3.63) is 81.6 Å².